The van der Waals surface area contributed by atoms with Crippen LogP contribution in [0.5, 0.6) is 11.5 Å². The Morgan fingerprint density at radius 3 is 2.47 bits per heavy atom. The first-order valence-corrected chi connectivity index (χ1v) is 12.6. The first-order chi connectivity index (χ1) is 18.5. The van der Waals surface area contributed by atoms with E-state index in [0.717, 1.165) is 28.2 Å². The van der Waals surface area contributed by atoms with Gasteiger partial charge in [0.25, 0.3) is 0 Å². The van der Waals surface area contributed by atoms with Gasteiger partial charge in [0.05, 0.1) is 42.6 Å². The zero-order chi connectivity index (χ0) is 26.4. The van der Waals surface area contributed by atoms with Gasteiger partial charge in [-0.25, -0.2) is 0 Å². The molecule has 2 heterocycles. The lowest BCUT2D eigenvalue weighted by atomic mass is 9.78. The third-order valence-corrected chi connectivity index (χ3v) is 7.45. The Labute approximate surface area is 220 Å². The number of rotatable bonds is 4. The molecular weight excluding hydrogens is 480 g/mol. The number of methoxy groups -OCH3 is 2. The largest absolute Gasteiger partial charge is 0.493 e. The standard InChI is InChI=1S/C31H28N2O5/c1-17-8-10-26-20(12-17)31(35)21(16-38-26)30-29-24(32-22-6-4-5-7-23(22)33-30)13-19(14-25(29)34)18-9-11-27(36-2)28(15-18)37-3/h4-12,15-16,19,30,32-33H,13-14H2,1-3H3/t19-,30+/m1/s1. The molecule has 0 bridgehead atoms. The summed E-state index contributed by atoms with van der Waals surface area (Å²) in [6.45, 7) is 1.94. The molecule has 6 rings (SSSR count). The number of aryl methyl sites for hydroxylation is 1. The molecule has 0 fully saturated rings. The minimum Gasteiger partial charge on any atom is -0.493 e. The fourth-order valence-electron chi connectivity index (χ4n) is 5.53. The smallest absolute Gasteiger partial charge is 0.198 e. The van der Waals surface area contributed by atoms with Gasteiger partial charge in [0, 0.05) is 17.7 Å². The van der Waals surface area contributed by atoms with Crippen LogP contribution in [-0.2, 0) is 4.79 Å². The summed E-state index contributed by atoms with van der Waals surface area (Å²) in [6.07, 6.45) is 2.40. The number of anilines is 2. The van der Waals surface area contributed by atoms with Gasteiger partial charge < -0.3 is 24.5 Å². The van der Waals surface area contributed by atoms with Gasteiger partial charge in [0.1, 0.15) is 11.8 Å². The summed E-state index contributed by atoms with van der Waals surface area (Å²) < 4.78 is 16.8. The number of benzene rings is 3. The van der Waals surface area contributed by atoms with Crippen LogP contribution >= 0.6 is 0 Å². The molecule has 0 radical (unpaired) electrons. The van der Waals surface area contributed by atoms with E-state index in [9.17, 15) is 9.59 Å². The molecule has 2 aliphatic rings. The molecule has 2 atom stereocenters. The second-order valence-electron chi connectivity index (χ2n) is 9.80. The summed E-state index contributed by atoms with van der Waals surface area (Å²) in [7, 11) is 3.20. The third-order valence-electron chi connectivity index (χ3n) is 7.45. The van der Waals surface area contributed by atoms with Crippen LogP contribution in [0, 0.1) is 6.92 Å². The van der Waals surface area contributed by atoms with Crippen molar-refractivity contribution in [3.05, 3.63) is 105 Å². The number of Topliss-reactive ketones (excluding diaryl/α,β-unsaturated/α-hetero) is 1. The first-order valence-electron chi connectivity index (χ1n) is 12.6. The molecule has 7 nitrogen and oxygen atoms in total. The molecular formula is C31H28N2O5. The van der Waals surface area contributed by atoms with E-state index in [4.69, 9.17) is 13.9 Å². The maximum atomic E-state index is 13.9. The number of fused-ring (bicyclic) bond motifs is 2. The number of allylic oxidation sites excluding steroid dienone is 1. The normalized spacial score (nSPS) is 18.7. The molecule has 1 aliphatic heterocycles. The predicted octanol–water partition coefficient (Wildman–Crippen LogP) is 6.10. The number of ether oxygens (including phenoxy) is 2. The lowest BCUT2D eigenvalue weighted by Crippen LogP contribution is -2.29. The van der Waals surface area contributed by atoms with Gasteiger partial charge in [-0.05, 0) is 61.2 Å². The van der Waals surface area contributed by atoms with Crippen LogP contribution in [0.2, 0.25) is 0 Å². The maximum absolute atomic E-state index is 13.9. The summed E-state index contributed by atoms with van der Waals surface area (Å²) >= 11 is 0. The van der Waals surface area contributed by atoms with Crippen molar-refractivity contribution in [2.75, 3.05) is 24.9 Å². The van der Waals surface area contributed by atoms with Crippen LogP contribution in [0.25, 0.3) is 11.0 Å². The second-order valence-corrected chi connectivity index (χ2v) is 9.80. The summed E-state index contributed by atoms with van der Waals surface area (Å²) in [5.74, 6) is 1.19. The van der Waals surface area contributed by atoms with Gasteiger partial charge in [0.2, 0.25) is 0 Å². The van der Waals surface area contributed by atoms with Crippen molar-refractivity contribution in [3.8, 4) is 11.5 Å². The second kappa shape index (κ2) is 9.41. The average Bonchev–Trinajstić information content (AvgIpc) is 3.10. The SMILES string of the molecule is COc1ccc([C@H]2CC(=O)C3=C(C2)Nc2ccccc2N[C@H]3c2coc3ccc(C)cc3c2=O)cc1OC. The number of para-hydroxylation sites is 2. The Bertz CT molecular complexity index is 1670. The summed E-state index contributed by atoms with van der Waals surface area (Å²) in [6, 6.07) is 18.4. The highest BCUT2D eigenvalue weighted by Gasteiger charge is 2.37. The number of ketones is 1. The molecule has 0 saturated heterocycles. The minimum absolute atomic E-state index is 0.0208. The highest BCUT2D eigenvalue weighted by atomic mass is 16.5. The molecule has 0 unspecified atom stereocenters. The monoisotopic (exact) mass is 508 g/mol. The average molecular weight is 509 g/mol. The number of nitrogens with one attached hydrogen (secondary N) is 2. The Kier molecular flexibility index (Phi) is 5.91. The minimum atomic E-state index is -0.652. The van der Waals surface area contributed by atoms with Gasteiger partial charge in [-0.3, -0.25) is 9.59 Å². The van der Waals surface area contributed by atoms with Crippen LogP contribution < -0.4 is 25.5 Å². The predicted molar refractivity (Wildman–Crippen MR) is 147 cm³/mol. The van der Waals surface area contributed by atoms with Crippen LogP contribution in [0.15, 0.2) is 87.4 Å². The molecule has 0 spiro atoms. The quantitative estimate of drug-likeness (QED) is 0.344. The molecule has 1 aromatic heterocycles. The summed E-state index contributed by atoms with van der Waals surface area (Å²) in [5.41, 5.74) is 5.77. The molecule has 1 aliphatic carbocycles. The van der Waals surface area contributed by atoms with E-state index in [2.05, 4.69) is 10.6 Å². The Hall–Kier alpha value is -4.52. The van der Waals surface area contributed by atoms with E-state index < -0.39 is 6.04 Å². The Morgan fingerprint density at radius 2 is 1.68 bits per heavy atom. The first kappa shape index (κ1) is 23.9. The van der Waals surface area contributed by atoms with Crippen molar-refractivity contribution < 1.29 is 18.7 Å². The number of hydrogen-bond donors (Lipinski definition) is 2. The van der Waals surface area contributed by atoms with E-state index in [1.54, 1.807) is 20.3 Å². The summed E-state index contributed by atoms with van der Waals surface area (Å²) in [4.78, 5) is 27.6. The van der Waals surface area contributed by atoms with E-state index in [-0.39, 0.29) is 17.1 Å². The van der Waals surface area contributed by atoms with Gasteiger partial charge in [-0.1, -0.05) is 29.8 Å². The summed E-state index contributed by atoms with van der Waals surface area (Å²) in [5, 5.41) is 7.49. The third kappa shape index (κ3) is 4.00. The van der Waals surface area contributed by atoms with Crippen molar-refractivity contribution in [1.29, 1.82) is 0 Å². The van der Waals surface area contributed by atoms with Gasteiger partial charge in [0.15, 0.2) is 22.7 Å². The van der Waals surface area contributed by atoms with E-state index in [1.807, 2.05) is 61.5 Å². The molecule has 4 aromatic rings. The lowest BCUT2D eigenvalue weighted by molar-refractivity contribution is -0.116. The molecule has 38 heavy (non-hydrogen) atoms. The highest BCUT2D eigenvalue weighted by molar-refractivity contribution is 6.01. The molecule has 7 heteroatoms. The van der Waals surface area contributed by atoms with Crippen molar-refractivity contribution in [2.45, 2.75) is 31.7 Å². The zero-order valence-corrected chi connectivity index (χ0v) is 21.5. The number of hydrogen-bond acceptors (Lipinski definition) is 7. The number of carbonyl (C=O) groups excluding carboxylic acids is 1. The lowest BCUT2D eigenvalue weighted by Gasteiger charge is -2.29. The molecule has 0 amide bonds. The number of carbonyl (C=O) groups is 1. The molecule has 0 saturated carbocycles. The molecule has 2 N–H and O–H groups in total. The van der Waals surface area contributed by atoms with Crippen LogP contribution in [-0.4, -0.2) is 20.0 Å². The fourth-order valence-corrected chi connectivity index (χ4v) is 5.53. The van der Waals surface area contributed by atoms with Gasteiger partial charge >= 0.3 is 0 Å². The van der Waals surface area contributed by atoms with E-state index in [0.29, 0.717) is 46.4 Å². The van der Waals surface area contributed by atoms with E-state index in [1.165, 1.54) is 6.26 Å². The topological polar surface area (TPSA) is 89.8 Å². The van der Waals surface area contributed by atoms with Crippen molar-refractivity contribution in [3.63, 3.8) is 0 Å². The Morgan fingerprint density at radius 1 is 0.895 bits per heavy atom. The van der Waals surface area contributed by atoms with Crippen LogP contribution in [0.3, 0.4) is 0 Å². The zero-order valence-electron chi connectivity index (χ0n) is 21.5. The van der Waals surface area contributed by atoms with Gasteiger partial charge in [-0.2, -0.15) is 0 Å². The van der Waals surface area contributed by atoms with Crippen molar-refractivity contribution in [1.82, 2.24) is 0 Å². The van der Waals surface area contributed by atoms with Crippen molar-refractivity contribution >= 4 is 28.1 Å². The van der Waals surface area contributed by atoms with Crippen LogP contribution in [0.4, 0.5) is 11.4 Å². The highest BCUT2D eigenvalue weighted by Crippen LogP contribution is 2.45. The molecule has 192 valence electrons. The molecule has 3 aromatic carbocycles. The van der Waals surface area contributed by atoms with Gasteiger partial charge in [-0.15, -0.1) is 0 Å². The maximum Gasteiger partial charge on any atom is 0.198 e. The van der Waals surface area contributed by atoms with E-state index >= 15 is 0 Å². The Balaban J connectivity index is 1.48. The van der Waals surface area contributed by atoms with Crippen LogP contribution in [0.1, 0.15) is 41.5 Å². The van der Waals surface area contributed by atoms with Crippen molar-refractivity contribution in [2.24, 2.45) is 0 Å². The fraction of sp³-hybridized carbons (Fsp3) is 0.226.